The summed E-state index contributed by atoms with van der Waals surface area (Å²) in [6.45, 7) is 5.00. The molecule has 0 fully saturated rings. The first kappa shape index (κ1) is 11.8. The van der Waals surface area contributed by atoms with Gasteiger partial charge in [0, 0.05) is 0 Å². The van der Waals surface area contributed by atoms with E-state index in [9.17, 15) is 0 Å². The summed E-state index contributed by atoms with van der Waals surface area (Å²) in [5, 5.41) is 0. The summed E-state index contributed by atoms with van der Waals surface area (Å²) >= 11 is 0. The number of rotatable bonds is 7. The summed E-state index contributed by atoms with van der Waals surface area (Å²) in [5.41, 5.74) is 1.08. The maximum atomic E-state index is 5.42. The first-order valence-electron chi connectivity index (χ1n) is 4.59. The largest absolute Gasteiger partial charge is 0.498 e. The third-order valence-corrected chi connectivity index (χ3v) is 1.89. The van der Waals surface area contributed by atoms with Gasteiger partial charge in [0.05, 0.1) is 12.9 Å². The molecule has 0 atom stereocenters. The molecule has 1 aromatic rings. The molecular formula is C11H13O3Si. The van der Waals surface area contributed by atoms with Gasteiger partial charge in [0.25, 0.3) is 0 Å². The summed E-state index contributed by atoms with van der Waals surface area (Å²) in [6.07, 6.45) is 1.40. The highest BCUT2D eigenvalue weighted by Gasteiger charge is 1.94. The van der Waals surface area contributed by atoms with E-state index in [1.807, 2.05) is 24.3 Å². The van der Waals surface area contributed by atoms with E-state index in [2.05, 4.69) is 17.1 Å². The Bertz CT molecular complexity index is 284. The maximum absolute atomic E-state index is 5.42. The highest BCUT2D eigenvalue weighted by Crippen LogP contribution is 2.12. The van der Waals surface area contributed by atoms with Crippen LogP contribution < -0.4 is 4.74 Å². The molecule has 3 radical (unpaired) electrons. The lowest BCUT2D eigenvalue weighted by Gasteiger charge is -2.06. The van der Waals surface area contributed by atoms with Crippen molar-refractivity contribution in [1.82, 2.24) is 0 Å². The van der Waals surface area contributed by atoms with E-state index in [4.69, 9.17) is 13.9 Å². The van der Waals surface area contributed by atoms with Crippen LogP contribution in [0.5, 0.6) is 5.75 Å². The average Bonchev–Trinajstić information content (AvgIpc) is 2.27. The van der Waals surface area contributed by atoms with E-state index >= 15 is 0 Å². The van der Waals surface area contributed by atoms with Crippen molar-refractivity contribution in [2.45, 2.75) is 6.61 Å². The maximum Gasteiger partial charge on any atom is 0.246 e. The highest BCUT2D eigenvalue weighted by molar-refractivity contribution is 5.97. The smallest absolute Gasteiger partial charge is 0.246 e. The second kappa shape index (κ2) is 7.08. The van der Waals surface area contributed by atoms with Crippen molar-refractivity contribution in [3.05, 3.63) is 42.7 Å². The van der Waals surface area contributed by atoms with Gasteiger partial charge in [-0.15, -0.1) is 0 Å². The van der Waals surface area contributed by atoms with Crippen LogP contribution in [0.1, 0.15) is 5.56 Å². The Morgan fingerprint density at radius 3 is 2.53 bits per heavy atom. The Morgan fingerprint density at radius 1 is 1.20 bits per heavy atom. The Kier molecular flexibility index (Phi) is 5.58. The van der Waals surface area contributed by atoms with E-state index in [-0.39, 0.29) is 0 Å². The molecule has 0 amide bonds. The van der Waals surface area contributed by atoms with Crippen molar-refractivity contribution in [3.8, 4) is 5.75 Å². The van der Waals surface area contributed by atoms with Gasteiger partial charge in [-0.1, -0.05) is 18.7 Å². The Labute approximate surface area is 93.2 Å². The molecule has 0 N–H and O–H groups in total. The molecule has 0 heterocycles. The Balaban J connectivity index is 2.32. The molecule has 79 valence electrons. The van der Waals surface area contributed by atoms with E-state index in [1.165, 1.54) is 6.26 Å². The second-order valence-corrected chi connectivity index (χ2v) is 3.11. The molecule has 0 spiro atoms. The Hall–Kier alpha value is -1.26. The molecular weight excluding hydrogens is 208 g/mol. The third-order valence-electron chi connectivity index (χ3n) is 1.75. The number of benzene rings is 1. The van der Waals surface area contributed by atoms with Crippen LogP contribution in [-0.4, -0.2) is 23.7 Å². The van der Waals surface area contributed by atoms with Gasteiger partial charge >= 0.3 is 0 Å². The van der Waals surface area contributed by atoms with Crippen LogP contribution in [0.3, 0.4) is 0 Å². The molecule has 0 saturated heterocycles. The minimum absolute atomic E-state index is 0.509. The molecule has 1 rings (SSSR count). The molecule has 3 nitrogen and oxygen atoms in total. The van der Waals surface area contributed by atoms with Gasteiger partial charge < -0.3 is 13.9 Å². The van der Waals surface area contributed by atoms with Crippen molar-refractivity contribution in [1.29, 1.82) is 0 Å². The number of hydrogen-bond donors (Lipinski definition) is 0. The SMILES string of the molecule is C=COCCOc1ccc(CO[Si])cc1. The lowest BCUT2D eigenvalue weighted by atomic mass is 10.2. The number of hydrogen-bond acceptors (Lipinski definition) is 3. The normalized spacial score (nSPS) is 9.67. The summed E-state index contributed by atoms with van der Waals surface area (Å²) in [6, 6.07) is 7.69. The van der Waals surface area contributed by atoms with E-state index < -0.39 is 0 Å². The molecule has 0 saturated carbocycles. The van der Waals surface area contributed by atoms with E-state index in [1.54, 1.807) is 0 Å². The van der Waals surface area contributed by atoms with Gasteiger partial charge in [-0.25, -0.2) is 0 Å². The fourth-order valence-corrected chi connectivity index (χ4v) is 1.22. The predicted octanol–water partition coefficient (Wildman–Crippen LogP) is 1.83. The molecule has 15 heavy (non-hydrogen) atoms. The van der Waals surface area contributed by atoms with Gasteiger partial charge in [-0.05, 0) is 17.7 Å². The van der Waals surface area contributed by atoms with Gasteiger partial charge in [0.1, 0.15) is 19.0 Å². The monoisotopic (exact) mass is 221 g/mol. The minimum Gasteiger partial charge on any atom is -0.498 e. The third kappa shape index (κ3) is 4.67. The van der Waals surface area contributed by atoms with Crippen molar-refractivity contribution >= 4 is 10.5 Å². The van der Waals surface area contributed by atoms with Gasteiger partial charge in [-0.2, -0.15) is 0 Å². The molecule has 0 aliphatic rings. The van der Waals surface area contributed by atoms with Crippen LogP contribution in [0.15, 0.2) is 37.1 Å². The van der Waals surface area contributed by atoms with Crippen LogP contribution in [0.25, 0.3) is 0 Å². The van der Waals surface area contributed by atoms with Crippen LogP contribution in [-0.2, 0) is 15.8 Å². The van der Waals surface area contributed by atoms with E-state index in [0.29, 0.717) is 19.8 Å². The first-order valence-corrected chi connectivity index (χ1v) is 5.00. The zero-order valence-electron chi connectivity index (χ0n) is 8.44. The summed E-state index contributed by atoms with van der Waals surface area (Å²) < 4.78 is 15.2. The fraction of sp³-hybridized carbons (Fsp3) is 0.273. The molecule has 0 aliphatic carbocycles. The molecule has 1 aromatic carbocycles. The Morgan fingerprint density at radius 2 is 1.93 bits per heavy atom. The van der Waals surface area contributed by atoms with Crippen LogP contribution in [0.4, 0.5) is 0 Å². The zero-order chi connectivity index (χ0) is 10.9. The zero-order valence-corrected chi connectivity index (χ0v) is 9.44. The average molecular weight is 221 g/mol. The van der Waals surface area contributed by atoms with Crippen molar-refractivity contribution in [2.24, 2.45) is 0 Å². The van der Waals surface area contributed by atoms with Gasteiger partial charge in [0.2, 0.25) is 10.5 Å². The standard InChI is InChI=1S/C11H13O3Si/c1-2-12-7-8-13-11-5-3-10(4-6-11)9-14-15/h2-6H,1,7-9H2. The van der Waals surface area contributed by atoms with Crippen molar-refractivity contribution < 1.29 is 13.9 Å². The summed E-state index contributed by atoms with van der Waals surface area (Å²) in [4.78, 5) is 0. The second-order valence-electron chi connectivity index (χ2n) is 2.82. The topological polar surface area (TPSA) is 27.7 Å². The molecule has 4 heteroatoms. The fourth-order valence-electron chi connectivity index (χ4n) is 1.06. The van der Waals surface area contributed by atoms with Crippen LogP contribution in [0.2, 0.25) is 0 Å². The van der Waals surface area contributed by atoms with Crippen molar-refractivity contribution in [3.63, 3.8) is 0 Å². The minimum atomic E-state index is 0.509. The number of ether oxygens (including phenoxy) is 2. The molecule has 0 aliphatic heterocycles. The lowest BCUT2D eigenvalue weighted by Crippen LogP contribution is -2.03. The van der Waals surface area contributed by atoms with Crippen LogP contribution >= 0.6 is 0 Å². The predicted molar refractivity (Wildman–Crippen MR) is 58.6 cm³/mol. The highest BCUT2D eigenvalue weighted by atomic mass is 28.2. The van der Waals surface area contributed by atoms with Crippen LogP contribution in [0, 0.1) is 0 Å². The van der Waals surface area contributed by atoms with Gasteiger partial charge in [0.15, 0.2) is 0 Å². The summed E-state index contributed by atoms with van der Waals surface area (Å²) in [7, 11) is 2.95. The van der Waals surface area contributed by atoms with Gasteiger partial charge in [-0.3, -0.25) is 0 Å². The molecule has 0 aromatic heterocycles. The van der Waals surface area contributed by atoms with E-state index in [0.717, 1.165) is 11.3 Å². The lowest BCUT2D eigenvalue weighted by molar-refractivity contribution is 0.179. The first-order chi connectivity index (χ1) is 7.36. The van der Waals surface area contributed by atoms with Crippen molar-refractivity contribution in [2.75, 3.05) is 13.2 Å². The molecule has 0 unspecified atom stereocenters. The molecule has 0 bridgehead atoms. The quantitative estimate of drug-likeness (QED) is 0.399. The summed E-state index contributed by atoms with van der Waals surface area (Å²) in [5.74, 6) is 0.820.